The van der Waals surface area contributed by atoms with Crippen LogP contribution < -0.4 is 15.9 Å². The van der Waals surface area contributed by atoms with Crippen LogP contribution in [0.3, 0.4) is 0 Å². The molecule has 0 aliphatic carbocycles. The molecule has 1 fully saturated rings. The molecule has 0 atom stereocenters. The second kappa shape index (κ2) is 9.52. The van der Waals surface area contributed by atoms with E-state index < -0.39 is 0 Å². The Morgan fingerprint density at radius 1 is 1.18 bits per heavy atom. The summed E-state index contributed by atoms with van der Waals surface area (Å²) in [5, 5.41) is 2.87. The third-order valence-corrected chi connectivity index (χ3v) is 7.06. The van der Waals surface area contributed by atoms with E-state index in [1.165, 1.54) is 5.69 Å². The highest BCUT2D eigenvalue weighted by molar-refractivity contribution is 7.98. The molecule has 4 aromatic rings. The molecular formula is C25H28N6O2S. The second-order valence-corrected chi connectivity index (χ2v) is 9.29. The number of nitrogens with zero attached hydrogens (tertiary/aromatic N) is 4. The molecule has 176 valence electrons. The topological polar surface area (TPSA) is 85.7 Å². The number of carbonyl (C=O) groups is 1. The quantitative estimate of drug-likeness (QED) is 0.416. The van der Waals surface area contributed by atoms with Crippen molar-refractivity contribution in [3.8, 4) is 0 Å². The highest BCUT2D eigenvalue weighted by atomic mass is 32.2. The number of carbonyl (C=O) groups excluding carboxylic acids is 1. The van der Waals surface area contributed by atoms with Gasteiger partial charge in [0.15, 0.2) is 0 Å². The van der Waals surface area contributed by atoms with E-state index in [9.17, 15) is 9.59 Å². The van der Waals surface area contributed by atoms with Gasteiger partial charge in [0.2, 0.25) is 0 Å². The molecule has 0 spiro atoms. The Hall–Kier alpha value is -3.30. The minimum absolute atomic E-state index is 0.0304. The number of anilines is 1. The van der Waals surface area contributed by atoms with Crippen molar-refractivity contribution in [3.05, 3.63) is 70.4 Å². The maximum atomic E-state index is 12.3. The molecule has 1 aliphatic heterocycles. The average molecular weight is 477 g/mol. The smallest absolute Gasteiger partial charge is 0.330 e. The van der Waals surface area contributed by atoms with Gasteiger partial charge >= 0.3 is 5.69 Å². The minimum Gasteiger partial charge on any atom is -0.368 e. The molecule has 4 heterocycles. The first kappa shape index (κ1) is 22.5. The van der Waals surface area contributed by atoms with Gasteiger partial charge in [0.05, 0.1) is 16.7 Å². The lowest BCUT2D eigenvalue weighted by Crippen LogP contribution is -2.46. The van der Waals surface area contributed by atoms with Crippen molar-refractivity contribution < 1.29 is 4.79 Å². The average Bonchev–Trinajstić information content (AvgIpc) is 3.35. The van der Waals surface area contributed by atoms with Gasteiger partial charge in [0.25, 0.3) is 5.91 Å². The predicted octanol–water partition coefficient (Wildman–Crippen LogP) is 2.97. The van der Waals surface area contributed by atoms with Crippen LogP contribution in [0, 0.1) is 0 Å². The highest BCUT2D eigenvalue weighted by Crippen LogP contribution is 2.31. The maximum absolute atomic E-state index is 12.3. The molecule has 1 amide bonds. The summed E-state index contributed by atoms with van der Waals surface area (Å²) in [6, 6.07) is 11.8. The standard InChI is InChI=1S/C25H28N6O2S/c1-3-26-24(32)18-6-7-20(22(14-18)34-2)30-11-9-29(10-12-30)16-17-13-19-23(27-15-17)21-5-4-8-31(21)25(33)28-19/h4-8,13-15H,3,9-12,16H2,1-2H3,(H,26,32)(H,28,33). The van der Waals surface area contributed by atoms with Gasteiger partial charge in [-0.2, -0.15) is 0 Å². The molecule has 5 rings (SSSR count). The first-order valence-corrected chi connectivity index (χ1v) is 12.7. The summed E-state index contributed by atoms with van der Waals surface area (Å²) >= 11 is 1.67. The first-order valence-electron chi connectivity index (χ1n) is 11.5. The molecule has 1 aromatic carbocycles. The van der Waals surface area contributed by atoms with Crippen molar-refractivity contribution in [1.82, 2.24) is 24.6 Å². The number of aromatic nitrogens is 3. The van der Waals surface area contributed by atoms with E-state index in [-0.39, 0.29) is 11.6 Å². The van der Waals surface area contributed by atoms with Gasteiger partial charge in [-0.3, -0.25) is 19.1 Å². The van der Waals surface area contributed by atoms with Gasteiger partial charge < -0.3 is 15.2 Å². The number of piperazine rings is 1. The number of nitrogens with one attached hydrogen (secondary N) is 2. The maximum Gasteiger partial charge on any atom is 0.330 e. The second-order valence-electron chi connectivity index (χ2n) is 8.44. The monoisotopic (exact) mass is 476 g/mol. The lowest BCUT2D eigenvalue weighted by Gasteiger charge is -2.37. The molecule has 0 unspecified atom stereocenters. The Kier molecular flexibility index (Phi) is 6.30. The normalized spacial score (nSPS) is 14.7. The van der Waals surface area contributed by atoms with Gasteiger partial charge in [-0.1, -0.05) is 0 Å². The Balaban J connectivity index is 1.27. The molecule has 0 radical (unpaired) electrons. The number of rotatable bonds is 6. The zero-order valence-electron chi connectivity index (χ0n) is 19.4. The number of hydrogen-bond donors (Lipinski definition) is 2. The molecule has 3 aromatic heterocycles. The van der Waals surface area contributed by atoms with Crippen molar-refractivity contribution in [2.45, 2.75) is 18.4 Å². The number of aromatic amines is 1. The van der Waals surface area contributed by atoms with Crippen molar-refractivity contribution >= 4 is 39.9 Å². The Morgan fingerprint density at radius 2 is 2.00 bits per heavy atom. The molecule has 1 aliphatic rings. The van der Waals surface area contributed by atoms with Crippen LogP contribution in [0.5, 0.6) is 0 Å². The molecule has 0 bridgehead atoms. The summed E-state index contributed by atoms with van der Waals surface area (Å²) in [7, 11) is 0. The number of fused-ring (bicyclic) bond motifs is 3. The zero-order chi connectivity index (χ0) is 23.7. The molecule has 9 heteroatoms. The van der Waals surface area contributed by atoms with Gasteiger partial charge in [0, 0.05) is 62.1 Å². The van der Waals surface area contributed by atoms with Crippen molar-refractivity contribution in [2.75, 3.05) is 43.9 Å². The molecule has 34 heavy (non-hydrogen) atoms. The summed E-state index contributed by atoms with van der Waals surface area (Å²) < 4.78 is 1.58. The van der Waals surface area contributed by atoms with Crippen molar-refractivity contribution in [1.29, 1.82) is 0 Å². The van der Waals surface area contributed by atoms with Crippen LogP contribution in [0.4, 0.5) is 5.69 Å². The summed E-state index contributed by atoms with van der Waals surface area (Å²) in [5.74, 6) is -0.0304. The SMILES string of the molecule is CCNC(=O)c1ccc(N2CCN(Cc3cnc4c(c3)[nH]c(=O)n3cccc43)CC2)c(SC)c1. The van der Waals surface area contributed by atoms with E-state index in [1.54, 1.807) is 22.4 Å². The Bertz CT molecular complexity index is 1400. The van der Waals surface area contributed by atoms with Crippen LogP contribution >= 0.6 is 11.8 Å². The first-order chi connectivity index (χ1) is 16.6. The van der Waals surface area contributed by atoms with E-state index in [2.05, 4.69) is 37.4 Å². The van der Waals surface area contributed by atoms with E-state index >= 15 is 0 Å². The van der Waals surface area contributed by atoms with Crippen LogP contribution in [-0.2, 0) is 6.54 Å². The fraction of sp³-hybridized carbons (Fsp3) is 0.320. The van der Waals surface area contributed by atoms with Crippen LogP contribution in [0.1, 0.15) is 22.8 Å². The molecular weight excluding hydrogens is 448 g/mol. The van der Waals surface area contributed by atoms with Crippen molar-refractivity contribution in [2.24, 2.45) is 0 Å². The Morgan fingerprint density at radius 3 is 2.76 bits per heavy atom. The van der Waals surface area contributed by atoms with Gasteiger partial charge in [0.1, 0.15) is 5.52 Å². The zero-order valence-corrected chi connectivity index (χ0v) is 20.2. The molecule has 1 saturated heterocycles. The molecule has 0 saturated carbocycles. The minimum atomic E-state index is -0.150. The van der Waals surface area contributed by atoms with Crippen LogP contribution in [0.25, 0.3) is 16.6 Å². The molecule has 8 nitrogen and oxygen atoms in total. The van der Waals surface area contributed by atoms with Crippen LogP contribution in [-0.4, -0.2) is 64.2 Å². The van der Waals surface area contributed by atoms with Crippen LogP contribution in [0.2, 0.25) is 0 Å². The number of benzene rings is 1. The van der Waals surface area contributed by atoms with Gasteiger partial charge in [-0.05, 0) is 55.1 Å². The summed E-state index contributed by atoms with van der Waals surface area (Å²) in [6.45, 7) is 7.02. The van der Waals surface area contributed by atoms with Gasteiger partial charge in [-0.25, -0.2) is 4.79 Å². The Labute approximate surface area is 202 Å². The number of H-pyrrole nitrogens is 1. The summed E-state index contributed by atoms with van der Waals surface area (Å²) in [4.78, 5) is 38.0. The number of thioether (sulfide) groups is 1. The third kappa shape index (κ3) is 4.28. The summed E-state index contributed by atoms with van der Waals surface area (Å²) in [6.07, 6.45) is 5.71. The lowest BCUT2D eigenvalue weighted by molar-refractivity contribution is 0.0955. The number of pyridine rings is 1. The van der Waals surface area contributed by atoms with Crippen LogP contribution in [0.15, 0.2) is 58.5 Å². The van der Waals surface area contributed by atoms with E-state index in [0.29, 0.717) is 12.1 Å². The van der Waals surface area contributed by atoms with Gasteiger partial charge in [-0.15, -0.1) is 11.8 Å². The predicted molar refractivity (Wildman–Crippen MR) is 137 cm³/mol. The fourth-order valence-corrected chi connectivity index (χ4v) is 5.22. The van der Waals surface area contributed by atoms with E-state index in [0.717, 1.165) is 59.7 Å². The van der Waals surface area contributed by atoms with E-state index in [1.807, 2.05) is 43.5 Å². The van der Waals surface area contributed by atoms with E-state index in [4.69, 9.17) is 0 Å². The number of hydrogen-bond acceptors (Lipinski definition) is 6. The molecule has 2 N–H and O–H groups in total. The highest BCUT2D eigenvalue weighted by Gasteiger charge is 2.20. The third-order valence-electron chi connectivity index (χ3n) is 6.29. The largest absolute Gasteiger partial charge is 0.368 e. The lowest BCUT2D eigenvalue weighted by atomic mass is 10.1. The van der Waals surface area contributed by atoms with Crippen molar-refractivity contribution in [3.63, 3.8) is 0 Å². The fourth-order valence-electron chi connectivity index (χ4n) is 4.57. The number of amides is 1. The summed E-state index contributed by atoms with van der Waals surface area (Å²) in [5.41, 5.74) is 5.21.